The standard InChI is InChI=1S/C27H25FN2O3/c1-4-29(21-10-6-5-7-11-21)25-24(19-14-16-20(28)17-15-19)26(31)30(27(25)32)22-12-8-9-13-23(22)33-18(2)3/h5-18H,4H2,1-3H3. The maximum absolute atomic E-state index is 13.9. The van der Waals surface area contributed by atoms with Crippen molar-refractivity contribution in [3.63, 3.8) is 0 Å². The van der Waals surface area contributed by atoms with Gasteiger partial charge in [0, 0.05) is 12.2 Å². The average Bonchev–Trinajstić information content (AvgIpc) is 3.06. The van der Waals surface area contributed by atoms with Crippen LogP contribution in [0.2, 0.25) is 0 Å². The molecular weight excluding hydrogens is 419 g/mol. The fourth-order valence-electron chi connectivity index (χ4n) is 3.94. The molecule has 1 aliphatic rings. The summed E-state index contributed by atoms with van der Waals surface area (Å²) >= 11 is 0. The molecule has 0 fully saturated rings. The van der Waals surface area contributed by atoms with E-state index in [1.54, 1.807) is 24.3 Å². The monoisotopic (exact) mass is 444 g/mol. The van der Waals surface area contributed by atoms with Gasteiger partial charge in [0.25, 0.3) is 11.8 Å². The minimum Gasteiger partial charge on any atom is -0.489 e. The summed E-state index contributed by atoms with van der Waals surface area (Å²) in [5, 5.41) is 0. The molecule has 0 saturated carbocycles. The number of nitrogens with zero attached hydrogens (tertiary/aromatic N) is 2. The number of amides is 2. The molecule has 6 heteroatoms. The Hall–Kier alpha value is -3.93. The van der Waals surface area contributed by atoms with Gasteiger partial charge >= 0.3 is 0 Å². The van der Waals surface area contributed by atoms with Gasteiger partial charge in [-0.2, -0.15) is 0 Å². The highest BCUT2D eigenvalue weighted by Crippen LogP contribution is 2.40. The Balaban J connectivity index is 1.90. The minimum absolute atomic E-state index is 0.139. The summed E-state index contributed by atoms with van der Waals surface area (Å²) in [7, 11) is 0. The van der Waals surface area contributed by atoms with Crippen molar-refractivity contribution in [3.8, 4) is 5.75 Å². The molecule has 1 heterocycles. The van der Waals surface area contributed by atoms with Crippen LogP contribution in [0.4, 0.5) is 15.8 Å². The molecule has 2 amide bonds. The van der Waals surface area contributed by atoms with Crippen LogP contribution in [0.15, 0.2) is 84.6 Å². The normalized spacial score (nSPS) is 13.8. The SMILES string of the molecule is CCN(C1=C(c2ccc(F)cc2)C(=O)N(c2ccccc2OC(C)C)C1=O)c1ccccc1. The molecule has 0 atom stereocenters. The third-order valence-corrected chi connectivity index (χ3v) is 5.32. The third-order valence-electron chi connectivity index (χ3n) is 5.32. The molecule has 3 aromatic rings. The highest BCUT2D eigenvalue weighted by atomic mass is 19.1. The van der Waals surface area contributed by atoms with Crippen molar-refractivity contribution in [2.45, 2.75) is 26.9 Å². The summed E-state index contributed by atoms with van der Waals surface area (Å²) in [6, 6.07) is 22.0. The molecule has 0 radical (unpaired) electrons. The average molecular weight is 445 g/mol. The third kappa shape index (κ3) is 4.24. The molecule has 0 bridgehead atoms. The van der Waals surface area contributed by atoms with E-state index >= 15 is 0 Å². The number of benzene rings is 3. The van der Waals surface area contributed by atoms with Gasteiger partial charge in [-0.25, -0.2) is 9.29 Å². The lowest BCUT2D eigenvalue weighted by Crippen LogP contribution is -2.35. The molecule has 5 nitrogen and oxygen atoms in total. The Kier molecular flexibility index (Phi) is 6.27. The van der Waals surface area contributed by atoms with E-state index in [0.29, 0.717) is 23.5 Å². The molecule has 0 saturated heterocycles. The Morgan fingerprint density at radius 1 is 0.879 bits per heavy atom. The van der Waals surface area contributed by atoms with Gasteiger partial charge in [-0.05, 0) is 62.7 Å². The van der Waals surface area contributed by atoms with Gasteiger partial charge in [0.2, 0.25) is 0 Å². The molecule has 0 N–H and O–H groups in total. The number of halogens is 1. The summed E-state index contributed by atoms with van der Waals surface area (Å²) in [6.07, 6.45) is -0.139. The van der Waals surface area contributed by atoms with Gasteiger partial charge in [0.05, 0.1) is 17.4 Å². The fourth-order valence-corrected chi connectivity index (χ4v) is 3.94. The van der Waals surface area contributed by atoms with Crippen LogP contribution >= 0.6 is 0 Å². The lowest BCUT2D eigenvalue weighted by molar-refractivity contribution is -0.120. The van der Waals surface area contributed by atoms with Crippen molar-refractivity contribution in [3.05, 3.63) is 95.9 Å². The fraction of sp³-hybridized carbons (Fsp3) is 0.185. The first-order chi connectivity index (χ1) is 15.9. The van der Waals surface area contributed by atoms with Crippen LogP contribution in [0, 0.1) is 5.82 Å². The lowest BCUT2D eigenvalue weighted by Gasteiger charge is -2.25. The second-order valence-corrected chi connectivity index (χ2v) is 7.89. The number of hydrogen-bond donors (Lipinski definition) is 0. The number of para-hydroxylation sites is 3. The molecule has 0 aromatic heterocycles. The van der Waals surface area contributed by atoms with Gasteiger partial charge in [0.1, 0.15) is 17.3 Å². The first kappa shape index (κ1) is 22.3. The number of carbonyl (C=O) groups excluding carboxylic acids is 2. The molecule has 1 aliphatic heterocycles. The van der Waals surface area contributed by atoms with E-state index in [2.05, 4.69) is 0 Å². The van der Waals surface area contributed by atoms with Crippen molar-refractivity contribution in [1.82, 2.24) is 0 Å². The number of anilines is 2. The van der Waals surface area contributed by atoms with Gasteiger partial charge in [0.15, 0.2) is 0 Å². The Morgan fingerprint density at radius 3 is 2.15 bits per heavy atom. The zero-order valence-corrected chi connectivity index (χ0v) is 18.8. The number of likely N-dealkylation sites (N-methyl/N-ethyl adjacent to an activating group) is 1. The second-order valence-electron chi connectivity index (χ2n) is 7.89. The Bertz CT molecular complexity index is 1200. The molecule has 0 unspecified atom stereocenters. The highest BCUT2D eigenvalue weighted by Gasteiger charge is 2.43. The van der Waals surface area contributed by atoms with Gasteiger partial charge in [-0.15, -0.1) is 0 Å². The van der Waals surface area contributed by atoms with Crippen molar-refractivity contribution < 1.29 is 18.7 Å². The maximum atomic E-state index is 13.9. The first-order valence-corrected chi connectivity index (χ1v) is 10.9. The zero-order chi connectivity index (χ0) is 23.5. The lowest BCUT2D eigenvalue weighted by atomic mass is 10.0. The van der Waals surface area contributed by atoms with Gasteiger partial charge < -0.3 is 9.64 Å². The molecular formula is C27H25FN2O3. The summed E-state index contributed by atoms with van der Waals surface area (Å²) in [4.78, 5) is 30.6. The summed E-state index contributed by atoms with van der Waals surface area (Å²) in [5.41, 5.74) is 2.11. The Labute approximate surface area is 192 Å². The van der Waals surface area contributed by atoms with Gasteiger partial charge in [-0.3, -0.25) is 9.59 Å². The van der Waals surface area contributed by atoms with Crippen LogP contribution in [0.3, 0.4) is 0 Å². The van der Waals surface area contributed by atoms with Gasteiger partial charge in [-0.1, -0.05) is 42.5 Å². The molecule has 4 rings (SSSR count). The first-order valence-electron chi connectivity index (χ1n) is 10.9. The number of hydrogen-bond acceptors (Lipinski definition) is 4. The van der Waals surface area contributed by atoms with Crippen LogP contribution in [0.1, 0.15) is 26.3 Å². The van der Waals surface area contributed by atoms with Crippen LogP contribution in [0.25, 0.3) is 5.57 Å². The van der Waals surface area contributed by atoms with Crippen LogP contribution in [-0.4, -0.2) is 24.5 Å². The Morgan fingerprint density at radius 2 is 1.52 bits per heavy atom. The molecule has 3 aromatic carbocycles. The van der Waals surface area contributed by atoms with Crippen molar-refractivity contribution >= 4 is 28.8 Å². The van der Waals surface area contributed by atoms with Crippen LogP contribution in [0.5, 0.6) is 5.75 Å². The maximum Gasteiger partial charge on any atom is 0.282 e. The van der Waals surface area contributed by atoms with Crippen molar-refractivity contribution in [1.29, 1.82) is 0 Å². The number of carbonyl (C=O) groups is 2. The van der Waals surface area contributed by atoms with E-state index in [4.69, 9.17) is 4.74 Å². The van der Waals surface area contributed by atoms with Crippen molar-refractivity contribution in [2.75, 3.05) is 16.3 Å². The highest BCUT2D eigenvalue weighted by molar-refractivity contribution is 6.46. The van der Waals surface area contributed by atoms with E-state index in [9.17, 15) is 14.0 Å². The second kappa shape index (κ2) is 9.28. The number of rotatable bonds is 7. The summed E-state index contributed by atoms with van der Waals surface area (Å²) in [5.74, 6) is -0.905. The van der Waals surface area contributed by atoms with Crippen LogP contribution < -0.4 is 14.5 Å². The molecule has 0 spiro atoms. The van der Waals surface area contributed by atoms with E-state index in [0.717, 1.165) is 10.6 Å². The predicted molar refractivity (Wildman–Crippen MR) is 127 cm³/mol. The number of ether oxygens (including phenoxy) is 1. The minimum atomic E-state index is -0.476. The van der Waals surface area contributed by atoms with E-state index in [1.165, 1.54) is 24.3 Å². The van der Waals surface area contributed by atoms with E-state index in [-0.39, 0.29) is 17.4 Å². The topological polar surface area (TPSA) is 49.9 Å². The molecule has 0 aliphatic carbocycles. The summed E-state index contributed by atoms with van der Waals surface area (Å²) < 4.78 is 19.5. The van der Waals surface area contributed by atoms with Crippen molar-refractivity contribution in [2.24, 2.45) is 0 Å². The largest absolute Gasteiger partial charge is 0.489 e. The van der Waals surface area contributed by atoms with Crippen LogP contribution in [-0.2, 0) is 9.59 Å². The number of imide groups is 1. The quantitative estimate of drug-likeness (QED) is 0.457. The van der Waals surface area contributed by atoms with E-state index in [1.807, 2.05) is 56.0 Å². The summed E-state index contributed by atoms with van der Waals surface area (Å²) in [6.45, 7) is 6.14. The van der Waals surface area contributed by atoms with E-state index < -0.39 is 17.6 Å². The smallest absolute Gasteiger partial charge is 0.282 e. The predicted octanol–water partition coefficient (Wildman–Crippen LogP) is 5.42. The molecule has 33 heavy (non-hydrogen) atoms. The molecule has 168 valence electrons. The zero-order valence-electron chi connectivity index (χ0n) is 18.8.